The lowest BCUT2D eigenvalue weighted by Crippen LogP contribution is -2.49. The zero-order chi connectivity index (χ0) is 13.8. The molecule has 0 aromatic heterocycles. The van der Waals surface area contributed by atoms with Crippen LogP contribution in [0.4, 0.5) is 0 Å². The van der Waals surface area contributed by atoms with E-state index < -0.39 is 0 Å². The predicted molar refractivity (Wildman–Crippen MR) is 82.5 cm³/mol. The molecule has 4 heteroatoms. The number of rotatable bonds is 4. The van der Waals surface area contributed by atoms with E-state index in [9.17, 15) is 0 Å². The molecule has 0 spiro atoms. The molecule has 1 aromatic rings. The van der Waals surface area contributed by atoms with Gasteiger partial charge in [-0.3, -0.25) is 9.89 Å². The van der Waals surface area contributed by atoms with E-state index in [2.05, 4.69) is 45.5 Å². The van der Waals surface area contributed by atoms with Crippen LogP contribution in [0.5, 0.6) is 0 Å². The molecular weight excluding hydrogens is 248 g/mol. The third-order valence-electron chi connectivity index (χ3n) is 3.98. The molecule has 0 bridgehead atoms. The van der Waals surface area contributed by atoms with Gasteiger partial charge in [0, 0.05) is 19.1 Å². The average Bonchev–Trinajstić information content (AvgIpc) is 3.24. The van der Waals surface area contributed by atoms with Crippen molar-refractivity contribution >= 4 is 5.96 Å². The van der Waals surface area contributed by atoms with Gasteiger partial charge in [0.05, 0.1) is 6.04 Å². The van der Waals surface area contributed by atoms with Gasteiger partial charge in [0.2, 0.25) is 0 Å². The highest BCUT2D eigenvalue weighted by Gasteiger charge is 2.23. The van der Waals surface area contributed by atoms with Crippen molar-refractivity contribution in [2.75, 3.05) is 13.1 Å². The molecule has 1 aliphatic heterocycles. The molecule has 20 heavy (non-hydrogen) atoms. The highest BCUT2D eigenvalue weighted by molar-refractivity contribution is 5.78. The van der Waals surface area contributed by atoms with Gasteiger partial charge in [0.25, 0.3) is 0 Å². The Morgan fingerprint density at radius 2 is 2.05 bits per heavy atom. The van der Waals surface area contributed by atoms with E-state index in [0.29, 0.717) is 18.0 Å². The number of piperidine rings is 1. The van der Waals surface area contributed by atoms with Crippen molar-refractivity contribution < 1.29 is 0 Å². The average molecular weight is 272 g/mol. The summed E-state index contributed by atoms with van der Waals surface area (Å²) in [6.07, 6.45) is 4.81. The fraction of sp³-hybridized carbons (Fsp3) is 0.562. The fourth-order valence-electron chi connectivity index (χ4n) is 2.81. The van der Waals surface area contributed by atoms with E-state index in [1.54, 1.807) is 0 Å². The smallest absolute Gasteiger partial charge is 0.189 e. The monoisotopic (exact) mass is 272 g/mol. The highest BCUT2D eigenvalue weighted by atomic mass is 15.2. The lowest BCUT2D eigenvalue weighted by atomic mass is 10.0. The maximum absolute atomic E-state index is 5.96. The Morgan fingerprint density at radius 3 is 2.80 bits per heavy atom. The van der Waals surface area contributed by atoms with Gasteiger partial charge < -0.3 is 11.1 Å². The number of nitrogens with two attached hydrogens (primary N) is 1. The van der Waals surface area contributed by atoms with Crippen LogP contribution < -0.4 is 11.1 Å². The van der Waals surface area contributed by atoms with Gasteiger partial charge in [0.1, 0.15) is 0 Å². The minimum absolute atomic E-state index is 0.440. The fourth-order valence-corrected chi connectivity index (χ4v) is 2.81. The quantitative estimate of drug-likeness (QED) is 0.648. The predicted octanol–water partition coefficient (Wildman–Crippen LogP) is 1.72. The second kappa shape index (κ2) is 6.27. The van der Waals surface area contributed by atoms with Gasteiger partial charge in [-0.1, -0.05) is 30.3 Å². The summed E-state index contributed by atoms with van der Waals surface area (Å²) < 4.78 is 0. The molecule has 2 fully saturated rings. The molecule has 1 atom stereocenters. The van der Waals surface area contributed by atoms with Crippen molar-refractivity contribution in [1.29, 1.82) is 0 Å². The van der Waals surface area contributed by atoms with Crippen LogP contribution in [-0.2, 0) is 6.54 Å². The number of hydrogen-bond donors (Lipinski definition) is 2. The Bertz CT molecular complexity index is 453. The molecular formula is C16H24N4. The van der Waals surface area contributed by atoms with Gasteiger partial charge in [-0.05, 0) is 37.8 Å². The number of aliphatic imine (C=N–C) groups is 1. The molecule has 1 unspecified atom stereocenters. The summed E-state index contributed by atoms with van der Waals surface area (Å²) in [6, 6.07) is 11.6. The Labute approximate surface area is 121 Å². The number of hydrogen-bond acceptors (Lipinski definition) is 2. The third kappa shape index (κ3) is 3.97. The third-order valence-corrected chi connectivity index (χ3v) is 3.98. The Kier molecular flexibility index (Phi) is 4.21. The SMILES string of the molecule is NC(=NC1CC1)NC1CCCN(Cc2ccccc2)C1. The second-order valence-corrected chi connectivity index (χ2v) is 5.95. The van der Waals surface area contributed by atoms with Crippen LogP contribution in [0.1, 0.15) is 31.2 Å². The molecule has 1 saturated heterocycles. The number of nitrogens with zero attached hydrogens (tertiary/aromatic N) is 2. The summed E-state index contributed by atoms with van der Waals surface area (Å²) in [4.78, 5) is 6.96. The molecule has 0 amide bonds. The highest BCUT2D eigenvalue weighted by Crippen LogP contribution is 2.23. The minimum Gasteiger partial charge on any atom is -0.370 e. The van der Waals surface area contributed by atoms with Crippen LogP contribution in [0, 0.1) is 0 Å². The number of guanidine groups is 1. The largest absolute Gasteiger partial charge is 0.370 e. The lowest BCUT2D eigenvalue weighted by molar-refractivity contribution is 0.193. The molecule has 1 heterocycles. The normalized spacial score (nSPS) is 24.6. The summed E-state index contributed by atoms with van der Waals surface area (Å²) in [5.74, 6) is 0.638. The standard InChI is InChI=1S/C16H24N4/c17-16(18-14-8-9-14)19-15-7-4-10-20(12-15)11-13-5-2-1-3-6-13/h1-3,5-6,14-15H,4,7-12H2,(H3,17,18,19). The molecule has 3 rings (SSSR count). The van der Waals surface area contributed by atoms with Gasteiger partial charge in [-0.25, -0.2) is 0 Å². The number of benzene rings is 1. The van der Waals surface area contributed by atoms with E-state index in [4.69, 9.17) is 5.73 Å². The molecule has 2 aliphatic rings. The van der Waals surface area contributed by atoms with Gasteiger partial charge in [0.15, 0.2) is 5.96 Å². The van der Waals surface area contributed by atoms with Gasteiger partial charge >= 0.3 is 0 Å². The summed E-state index contributed by atoms with van der Waals surface area (Å²) in [5, 5.41) is 3.39. The molecule has 3 N–H and O–H groups in total. The topological polar surface area (TPSA) is 53.6 Å². The van der Waals surface area contributed by atoms with Crippen molar-refractivity contribution in [3.8, 4) is 0 Å². The van der Waals surface area contributed by atoms with Crippen molar-refractivity contribution in [1.82, 2.24) is 10.2 Å². The van der Waals surface area contributed by atoms with E-state index in [0.717, 1.165) is 13.1 Å². The summed E-state index contributed by atoms with van der Waals surface area (Å²) in [6.45, 7) is 3.25. The van der Waals surface area contributed by atoms with Crippen LogP contribution in [0.3, 0.4) is 0 Å². The first-order valence-electron chi connectivity index (χ1n) is 7.66. The van der Waals surface area contributed by atoms with Crippen LogP contribution in [0.25, 0.3) is 0 Å². The Balaban J connectivity index is 1.51. The molecule has 4 nitrogen and oxygen atoms in total. The molecule has 1 saturated carbocycles. The van der Waals surface area contributed by atoms with Crippen molar-refractivity contribution in [2.45, 2.75) is 44.3 Å². The van der Waals surface area contributed by atoms with Gasteiger partial charge in [-0.2, -0.15) is 0 Å². The summed E-state index contributed by atoms with van der Waals surface area (Å²) in [5.41, 5.74) is 7.35. The molecule has 1 aromatic carbocycles. The Hall–Kier alpha value is -1.55. The van der Waals surface area contributed by atoms with Crippen LogP contribution in [0.15, 0.2) is 35.3 Å². The molecule has 1 aliphatic carbocycles. The van der Waals surface area contributed by atoms with Crippen LogP contribution in [0.2, 0.25) is 0 Å². The summed E-state index contributed by atoms with van der Waals surface area (Å²) >= 11 is 0. The lowest BCUT2D eigenvalue weighted by Gasteiger charge is -2.33. The first-order chi connectivity index (χ1) is 9.79. The summed E-state index contributed by atoms with van der Waals surface area (Å²) in [7, 11) is 0. The molecule has 0 radical (unpaired) electrons. The maximum Gasteiger partial charge on any atom is 0.189 e. The number of likely N-dealkylation sites (tertiary alicyclic amines) is 1. The van der Waals surface area contributed by atoms with Crippen molar-refractivity contribution in [3.05, 3.63) is 35.9 Å². The van der Waals surface area contributed by atoms with E-state index in [1.807, 2.05) is 0 Å². The Morgan fingerprint density at radius 1 is 1.25 bits per heavy atom. The van der Waals surface area contributed by atoms with E-state index >= 15 is 0 Å². The van der Waals surface area contributed by atoms with Crippen LogP contribution in [-0.4, -0.2) is 36.0 Å². The zero-order valence-corrected chi connectivity index (χ0v) is 12.0. The van der Waals surface area contributed by atoms with Crippen molar-refractivity contribution in [2.24, 2.45) is 10.7 Å². The van der Waals surface area contributed by atoms with E-state index in [1.165, 1.54) is 37.8 Å². The van der Waals surface area contributed by atoms with E-state index in [-0.39, 0.29) is 0 Å². The van der Waals surface area contributed by atoms with Gasteiger partial charge in [-0.15, -0.1) is 0 Å². The maximum atomic E-state index is 5.96. The number of nitrogens with one attached hydrogen (secondary N) is 1. The molecule has 108 valence electrons. The first kappa shape index (κ1) is 13.4. The minimum atomic E-state index is 0.440. The zero-order valence-electron chi connectivity index (χ0n) is 12.0. The van der Waals surface area contributed by atoms with Crippen LogP contribution >= 0.6 is 0 Å². The first-order valence-corrected chi connectivity index (χ1v) is 7.66. The van der Waals surface area contributed by atoms with Crippen molar-refractivity contribution in [3.63, 3.8) is 0 Å². The second-order valence-electron chi connectivity index (χ2n) is 5.95.